The summed E-state index contributed by atoms with van der Waals surface area (Å²) in [7, 11) is 0. The van der Waals surface area contributed by atoms with Crippen molar-refractivity contribution in [1.82, 2.24) is 9.78 Å². The van der Waals surface area contributed by atoms with Gasteiger partial charge in [0.1, 0.15) is 17.9 Å². The van der Waals surface area contributed by atoms with Crippen molar-refractivity contribution < 1.29 is 19.2 Å². The van der Waals surface area contributed by atoms with Gasteiger partial charge in [-0.05, 0) is 32.9 Å². The molecule has 0 saturated carbocycles. The lowest BCUT2D eigenvalue weighted by Gasteiger charge is -2.07. The summed E-state index contributed by atoms with van der Waals surface area (Å²) in [5, 5.41) is 17.5. The van der Waals surface area contributed by atoms with Gasteiger partial charge in [0.2, 0.25) is 0 Å². The number of carbonyl (C=O) groups is 2. The zero-order valence-electron chi connectivity index (χ0n) is 14.1. The van der Waals surface area contributed by atoms with Gasteiger partial charge in [-0.3, -0.25) is 24.4 Å². The van der Waals surface area contributed by atoms with E-state index in [-0.39, 0.29) is 23.6 Å². The lowest BCUT2D eigenvalue weighted by atomic mass is 10.2. The minimum Gasteiger partial charge on any atom is -0.454 e. The Morgan fingerprint density at radius 3 is 2.44 bits per heavy atom. The Morgan fingerprint density at radius 1 is 1.24 bits per heavy atom. The van der Waals surface area contributed by atoms with Gasteiger partial charge in [0.25, 0.3) is 5.91 Å². The van der Waals surface area contributed by atoms with Crippen LogP contribution in [0, 0.1) is 30.9 Å². The summed E-state index contributed by atoms with van der Waals surface area (Å²) in [4.78, 5) is 34.0. The molecule has 9 nitrogen and oxygen atoms in total. The van der Waals surface area contributed by atoms with Crippen molar-refractivity contribution in [2.75, 3.05) is 11.9 Å². The number of hydrogen-bond donors (Lipinski definition) is 1. The molecular formula is C16H18N4O5. The van der Waals surface area contributed by atoms with Crippen molar-refractivity contribution in [2.45, 2.75) is 27.3 Å². The Bertz CT molecular complexity index is 811. The van der Waals surface area contributed by atoms with E-state index < -0.39 is 23.4 Å². The Kier molecular flexibility index (Phi) is 5.48. The van der Waals surface area contributed by atoms with Gasteiger partial charge in [0.15, 0.2) is 6.61 Å². The second-order valence-electron chi connectivity index (χ2n) is 5.51. The molecule has 132 valence electrons. The Labute approximate surface area is 143 Å². The number of hydrogen-bond acceptors (Lipinski definition) is 6. The number of carbonyl (C=O) groups excluding carboxylic acids is 2. The standard InChI is InChI=1S/C16H18N4O5/c1-10-4-6-13(7-5-10)17-14(21)9-25-15(22)8-19-12(3)16(20(23)24)11(2)18-19/h4-7H,8-9H2,1-3H3,(H,17,21). The van der Waals surface area contributed by atoms with Crippen LogP contribution in [0.4, 0.5) is 11.4 Å². The normalized spacial score (nSPS) is 10.4. The molecule has 1 aromatic heterocycles. The number of nitro groups is 1. The average Bonchev–Trinajstić information content (AvgIpc) is 2.81. The summed E-state index contributed by atoms with van der Waals surface area (Å²) < 4.78 is 6.07. The summed E-state index contributed by atoms with van der Waals surface area (Å²) >= 11 is 0. The highest BCUT2D eigenvalue weighted by Gasteiger charge is 2.23. The maximum atomic E-state index is 11.8. The highest BCUT2D eigenvalue weighted by molar-refractivity contribution is 5.92. The number of aryl methyl sites for hydroxylation is 2. The molecule has 0 unspecified atom stereocenters. The van der Waals surface area contributed by atoms with Gasteiger partial charge >= 0.3 is 11.7 Å². The van der Waals surface area contributed by atoms with Crippen LogP contribution in [0.25, 0.3) is 0 Å². The zero-order chi connectivity index (χ0) is 18.6. The molecule has 0 bridgehead atoms. The molecule has 0 saturated heterocycles. The van der Waals surface area contributed by atoms with Crippen LogP contribution in [0.2, 0.25) is 0 Å². The van der Waals surface area contributed by atoms with Crippen molar-refractivity contribution in [3.63, 3.8) is 0 Å². The number of ether oxygens (including phenoxy) is 1. The fourth-order valence-electron chi connectivity index (χ4n) is 2.25. The van der Waals surface area contributed by atoms with E-state index in [2.05, 4.69) is 10.4 Å². The van der Waals surface area contributed by atoms with Crippen LogP contribution in [-0.4, -0.2) is 33.2 Å². The van der Waals surface area contributed by atoms with Gasteiger partial charge in [-0.15, -0.1) is 0 Å². The van der Waals surface area contributed by atoms with E-state index in [1.807, 2.05) is 19.1 Å². The van der Waals surface area contributed by atoms with Crippen LogP contribution < -0.4 is 5.32 Å². The maximum Gasteiger partial charge on any atom is 0.328 e. The second kappa shape index (κ2) is 7.56. The molecule has 0 atom stereocenters. The van der Waals surface area contributed by atoms with Crippen LogP contribution >= 0.6 is 0 Å². The highest BCUT2D eigenvalue weighted by Crippen LogP contribution is 2.21. The molecule has 0 radical (unpaired) electrons. The first-order chi connectivity index (χ1) is 11.8. The molecular weight excluding hydrogens is 328 g/mol. The van der Waals surface area contributed by atoms with Gasteiger partial charge in [-0.1, -0.05) is 17.7 Å². The first kappa shape index (κ1) is 18.1. The van der Waals surface area contributed by atoms with Crippen LogP contribution in [0.15, 0.2) is 24.3 Å². The largest absolute Gasteiger partial charge is 0.454 e. The molecule has 1 N–H and O–H groups in total. The summed E-state index contributed by atoms with van der Waals surface area (Å²) in [5.41, 5.74) is 1.99. The maximum absolute atomic E-state index is 11.8. The topological polar surface area (TPSA) is 116 Å². The molecule has 0 aliphatic rings. The third-order valence-corrected chi connectivity index (χ3v) is 3.50. The number of esters is 1. The second-order valence-corrected chi connectivity index (χ2v) is 5.51. The Morgan fingerprint density at radius 2 is 1.88 bits per heavy atom. The summed E-state index contributed by atoms with van der Waals surface area (Å²) in [6.07, 6.45) is 0. The SMILES string of the molecule is Cc1ccc(NC(=O)COC(=O)Cn2nc(C)c([N+](=O)[O-])c2C)cc1. The van der Waals surface area contributed by atoms with E-state index in [9.17, 15) is 19.7 Å². The van der Waals surface area contributed by atoms with Gasteiger partial charge in [-0.2, -0.15) is 5.10 Å². The third kappa shape index (κ3) is 4.63. The lowest BCUT2D eigenvalue weighted by Crippen LogP contribution is -2.23. The summed E-state index contributed by atoms with van der Waals surface area (Å²) in [6, 6.07) is 7.17. The monoisotopic (exact) mass is 346 g/mol. The number of nitrogens with zero attached hydrogens (tertiary/aromatic N) is 3. The van der Waals surface area contributed by atoms with Crippen LogP contribution in [0.1, 0.15) is 17.0 Å². The predicted molar refractivity (Wildman–Crippen MR) is 89.1 cm³/mol. The fraction of sp³-hybridized carbons (Fsp3) is 0.312. The van der Waals surface area contributed by atoms with Crippen LogP contribution in [0.5, 0.6) is 0 Å². The lowest BCUT2D eigenvalue weighted by molar-refractivity contribution is -0.386. The zero-order valence-corrected chi connectivity index (χ0v) is 14.1. The van der Waals surface area contributed by atoms with E-state index in [0.717, 1.165) is 5.56 Å². The smallest absolute Gasteiger partial charge is 0.328 e. The van der Waals surface area contributed by atoms with Crippen molar-refractivity contribution in [1.29, 1.82) is 0 Å². The van der Waals surface area contributed by atoms with E-state index >= 15 is 0 Å². The number of amides is 1. The molecule has 0 aliphatic heterocycles. The van der Waals surface area contributed by atoms with Gasteiger partial charge < -0.3 is 10.1 Å². The summed E-state index contributed by atoms with van der Waals surface area (Å²) in [6.45, 7) is 4.15. The van der Waals surface area contributed by atoms with Crippen LogP contribution in [-0.2, 0) is 20.9 Å². The Hall–Kier alpha value is -3.23. The van der Waals surface area contributed by atoms with Crippen LogP contribution in [0.3, 0.4) is 0 Å². The summed E-state index contributed by atoms with van der Waals surface area (Å²) in [5.74, 6) is -1.18. The molecule has 9 heteroatoms. The van der Waals surface area contributed by atoms with E-state index in [4.69, 9.17) is 4.74 Å². The van der Waals surface area contributed by atoms with Crippen molar-refractivity contribution >= 4 is 23.3 Å². The first-order valence-corrected chi connectivity index (χ1v) is 7.48. The predicted octanol–water partition coefficient (Wildman–Crippen LogP) is 1.90. The van der Waals surface area contributed by atoms with E-state index in [0.29, 0.717) is 5.69 Å². The molecule has 2 aromatic rings. The molecule has 2 rings (SSSR count). The van der Waals surface area contributed by atoms with Gasteiger partial charge in [0.05, 0.1) is 4.92 Å². The van der Waals surface area contributed by atoms with Gasteiger partial charge in [0, 0.05) is 5.69 Å². The number of aromatic nitrogens is 2. The van der Waals surface area contributed by atoms with Gasteiger partial charge in [-0.25, -0.2) is 0 Å². The highest BCUT2D eigenvalue weighted by atomic mass is 16.6. The van der Waals surface area contributed by atoms with E-state index in [1.165, 1.54) is 18.5 Å². The molecule has 0 aliphatic carbocycles. The number of nitrogens with one attached hydrogen (secondary N) is 1. The molecule has 0 fully saturated rings. The van der Waals surface area contributed by atoms with Crippen molar-refractivity contribution in [2.24, 2.45) is 0 Å². The molecule has 25 heavy (non-hydrogen) atoms. The van der Waals surface area contributed by atoms with Crippen molar-refractivity contribution in [3.8, 4) is 0 Å². The molecule has 0 spiro atoms. The Balaban J connectivity index is 1.88. The average molecular weight is 346 g/mol. The molecule has 1 aromatic carbocycles. The minimum atomic E-state index is -0.709. The van der Waals surface area contributed by atoms with Crippen molar-refractivity contribution in [3.05, 3.63) is 51.3 Å². The number of benzene rings is 1. The molecule has 1 amide bonds. The number of anilines is 1. The minimum absolute atomic E-state index is 0.134. The van der Waals surface area contributed by atoms with E-state index in [1.54, 1.807) is 12.1 Å². The first-order valence-electron chi connectivity index (χ1n) is 7.48. The fourth-order valence-corrected chi connectivity index (χ4v) is 2.25. The quantitative estimate of drug-likeness (QED) is 0.485. The number of rotatable bonds is 6. The third-order valence-electron chi connectivity index (χ3n) is 3.50. The molecule has 1 heterocycles.